The summed E-state index contributed by atoms with van der Waals surface area (Å²) < 4.78 is 4.77. The highest BCUT2D eigenvalue weighted by atomic mass is 16.5. The van der Waals surface area contributed by atoms with Crippen LogP contribution in [0, 0.1) is 5.92 Å². The molecule has 94 valence electrons. The third-order valence-corrected chi connectivity index (χ3v) is 2.59. The highest BCUT2D eigenvalue weighted by Gasteiger charge is 2.34. The maximum absolute atomic E-state index is 11.7. The van der Waals surface area contributed by atoms with Gasteiger partial charge in [-0.2, -0.15) is 0 Å². The molecule has 0 aliphatic heterocycles. The van der Waals surface area contributed by atoms with Crippen LogP contribution < -0.4 is 0 Å². The minimum Gasteiger partial charge on any atom is -0.468 e. The van der Waals surface area contributed by atoms with Crippen LogP contribution in [0.2, 0.25) is 0 Å². The van der Waals surface area contributed by atoms with Crippen molar-refractivity contribution in [1.82, 2.24) is 9.97 Å². The average Bonchev–Trinajstić information content (AvgIpc) is 2.27. The number of aromatic nitrogens is 2. The van der Waals surface area contributed by atoms with Crippen molar-refractivity contribution in [3.63, 3.8) is 0 Å². The van der Waals surface area contributed by atoms with Crippen molar-refractivity contribution in [3.8, 4) is 0 Å². The molecule has 1 heterocycles. The molecule has 0 bridgehead atoms. The molecule has 0 saturated carbocycles. The van der Waals surface area contributed by atoms with Crippen LogP contribution in [0.25, 0.3) is 0 Å². The minimum absolute atomic E-state index is 0.320. The first-order valence-corrected chi connectivity index (χ1v) is 5.78. The van der Waals surface area contributed by atoms with E-state index in [1.54, 1.807) is 20.0 Å². The lowest BCUT2D eigenvalue weighted by molar-refractivity contribution is -0.146. The number of carbonyl (C=O) groups excluding carboxylic acids is 1. The van der Waals surface area contributed by atoms with Gasteiger partial charge in [0, 0.05) is 11.9 Å². The summed E-state index contributed by atoms with van der Waals surface area (Å²) >= 11 is 0. The molecule has 0 saturated heterocycles. The fraction of sp³-hybridized carbons (Fsp3) is 0.615. The lowest BCUT2D eigenvalue weighted by Gasteiger charge is -2.20. The summed E-state index contributed by atoms with van der Waals surface area (Å²) in [7, 11) is 1.38. The standard InChI is InChI=1S/C13H20N2O2/c1-9(2)8-10-6-7-14-11(15-10)13(3,4)12(16)17-5/h6-7,9H,8H2,1-5H3. The zero-order valence-corrected chi connectivity index (χ0v) is 11.2. The number of carbonyl (C=O) groups is 1. The molecule has 0 N–H and O–H groups in total. The number of hydrogen-bond acceptors (Lipinski definition) is 4. The van der Waals surface area contributed by atoms with Gasteiger partial charge in [0.05, 0.1) is 7.11 Å². The monoisotopic (exact) mass is 236 g/mol. The van der Waals surface area contributed by atoms with E-state index >= 15 is 0 Å². The van der Waals surface area contributed by atoms with Gasteiger partial charge in [-0.25, -0.2) is 9.97 Å². The molecule has 17 heavy (non-hydrogen) atoms. The van der Waals surface area contributed by atoms with Crippen LogP contribution in [-0.4, -0.2) is 23.0 Å². The van der Waals surface area contributed by atoms with E-state index in [-0.39, 0.29) is 5.97 Å². The normalized spacial score (nSPS) is 11.6. The van der Waals surface area contributed by atoms with Gasteiger partial charge in [0.1, 0.15) is 11.2 Å². The van der Waals surface area contributed by atoms with E-state index in [1.807, 2.05) is 6.07 Å². The van der Waals surface area contributed by atoms with Gasteiger partial charge in [-0.15, -0.1) is 0 Å². The molecule has 0 aliphatic carbocycles. The summed E-state index contributed by atoms with van der Waals surface area (Å²) in [6.07, 6.45) is 2.58. The molecular weight excluding hydrogens is 216 g/mol. The molecule has 0 aromatic carbocycles. The van der Waals surface area contributed by atoms with Crippen molar-refractivity contribution in [2.75, 3.05) is 7.11 Å². The number of methoxy groups -OCH3 is 1. The van der Waals surface area contributed by atoms with Crippen LogP contribution in [-0.2, 0) is 21.4 Å². The van der Waals surface area contributed by atoms with E-state index in [0.717, 1.165) is 12.1 Å². The van der Waals surface area contributed by atoms with Crippen molar-refractivity contribution < 1.29 is 9.53 Å². The van der Waals surface area contributed by atoms with E-state index in [4.69, 9.17) is 4.74 Å². The first-order valence-electron chi connectivity index (χ1n) is 5.78. The quantitative estimate of drug-likeness (QED) is 0.751. The zero-order valence-electron chi connectivity index (χ0n) is 11.2. The Labute approximate surface area is 102 Å². The van der Waals surface area contributed by atoms with E-state index < -0.39 is 5.41 Å². The highest BCUT2D eigenvalue weighted by Crippen LogP contribution is 2.21. The van der Waals surface area contributed by atoms with Crippen LogP contribution in [0.5, 0.6) is 0 Å². The highest BCUT2D eigenvalue weighted by molar-refractivity contribution is 5.80. The van der Waals surface area contributed by atoms with Crippen molar-refractivity contribution in [3.05, 3.63) is 23.8 Å². The minimum atomic E-state index is -0.804. The van der Waals surface area contributed by atoms with Crippen molar-refractivity contribution in [1.29, 1.82) is 0 Å². The Morgan fingerprint density at radius 2 is 2.12 bits per heavy atom. The SMILES string of the molecule is COC(=O)C(C)(C)c1nccc(CC(C)C)n1. The van der Waals surface area contributed by atoms with E-state index in [9.17, 15) is 4.79 Å². The molecule has 0 atom stereocenters. The lowest BCUT2D eigenvalue weighted by Crippen LogP contribution is -2.32. The van der Waals surface area contributed by atoms with E-state index in [2.05, 4.69) is 23.8 Å². The molecule has 1 aromatic rings. The maximum Gasteiger partial charge on any atom is 0.318 e. The van der Waals surface area contributed by atoms with Crippen molar-refractivity contribution in [2.24, 2.45) is 5.92 Å². The predicted octanol–water partition coefficient (Wildman–Crippen LogP) is 2.13. The Hall–Kier alpha value is -1.45. The topological polar surface area (TPSA) is 52.1 Å². The molecule has 0 spiro atoms. The van der Waals surface area contributed by atoms with Crippen LogP contribution in [0.15, 0.2) is 12.3 Å². The lowest BCUT2D eigenvalue weighted by atomic mass is 9.92. The first-order chi connectivity index (χ1) is 7.87. The van der Waals surface area contributed by atoms with Crippen LogP contribution in [0.3, 0.4) is 0 Å². The molecule has 0 unspecified atom stereocenters. The van der Waals surface area contributed by atoms with Gasteiger partial charge >= 0.3 is 5.97 Å². The van der Waals surface area contributed by atoms with Crippen LogP contribution >= 0.6 is 0 Å². The molecule has 0 aliphatic rings. The fourth-order valence-corrected chi connectivity index (χ4v) is 1.58. The molecule has 0 radical (unpaired) electrons. The summed E-state index contributed by atoms with van der Waals surface area (Å²) in [5.74, 6) is 0.723. The van der Waals surface area contributed by atoms with Crippen molar-refractivity contribution >= 4 is 5.97 Å². The third-order valence-electron chi connectivity index (χ3n) is 2.59. The number of esters is 1. The summed E-state index contributed by atoms with van der Waals surface area (Å²) in [5.41, 5.74) is 0.156. The van der Waals surface area contributed by atoms with Gasteiger partial charge < -0.3 is 4.74 Å². The first kappa shape index (κ1) is 13.6. The molecular formula is C13H20N2O2. The second-order valence-corrected chi connectivity index (χ2v) is 5.09. The Balaban J connectivity index is 3.02. The van der Waals surface area contributed by atoms with Crippen LogP contribution in [0.4, 0.5) is 0 Å². The summed E-state index contributed by atoms with van der Waals surface area (Å²) in [4.78, 5) is 20.3. The number of ether oxygens (including phenoxy) is 1. The Morgan fingerprint density at radius 1 is 1.47 bits per heavy atom. The number of rotatable bonds is 4. The van der Waals surface area contributed by atoms with Gasteiger partial charge in [0.25, 0.3) is 0 Å². The van der Waals surface area contributed by atoms with Gasteiger partial charge in [-0.3, -0.25) is 4.79 Å². The Morgan fingerprint density at radius 3 is 2.65 bits per heavy atom. The molecule has 0 fully saturated rings. The maximum atomic E-state index is 11.7. The smallest absolute Gasteiger partial charge is 0.318 e. The Kier molecular flexibility index (Phi) is 4.21. The summed E-state index contributed by atoms with van der Waals surface area (Å²) in [6.45, 7) is 7.81. The number of hydrogen-bond donors (Lipinski definition) is 0. The molecule has 0 amide bonds. The molecule has 1 aromatic heterocycles. The summed E-state index contributed by atoms with van der Waals surface area (Å²) in [5, 5.41) is 0. The van der Waals surface area contributed by atoms with Gasteiger partial charge in [0.15, 0.2) is 0 Å². The second kappa shape index (κ2) is 5.25. The Bertz CT molecular complexity index is 400. The van der Waals surface area contributed by atoms with Gasteiger partial charge in [-0.1, -0.05) is 13.8 Å². The largest absolute Gasteiger partial charge is 0.468 e. The molecule has 4 nitrogen and oxygen atoms in total. The third kappa shape index (κ3) is 3.25. The average molecular weight is 236 g/mol. The van der Waals surface area contributed by atoms with Crippen LogP contribution in [0.1, 0.15) is 39.2 Å². The second-order valence-electron chi connectivity index (χ2n) is 5.09. The number of nitrogens with zero attached hydrogens (tertiary/aromatic N) is 2. The van der Waals surface area contributed by atoms with Gasteiger partial charge in [-0.05, 0) is 32.3 Å². The van der Waals surface area contributed by atoms with E-state index in [1.165, 1.54) is 7.11 Å². The molecule has 4 heteroatoms. The molecule has 1 rings (SSSR count). The summed E-state index contributed by atoms with van der Waals surface area (Å²) in [6, 6.07) is 1.89. The van der Waals surface area contributed by atoms with Gasteiger partial charge in [0.2, 0.25) is 0 Å². The fourth-order valence-electron chi connectivity index (χ4n) is 1.58. The zero-order chi connectivity index (χ0) is 13.1. The van der Waals surface area contributed by atoms with Crippen molar-refractivity contribution in [2.45, 2.75) is 39.5 Å². The predicted molar refractivity (Wildman–Crippen MR) is 65.6 cm³/mol. The van der Waals surface area contributed by atoms with E-state index in [0.29, 0.717) is 11.7 Å².